The molecule has 0 spiro atoms. The van der Waals surface area contributed by atoms with Gasteiger partial charge in [-0.05, 0) is 68.2 Å². The van der Waals surface area contributed by atoms with Crippen molar-refractivity contribution in [2.75, 3.05) is 24.2 Å². The quantitative estimate of drug-likeness (QED) is 0.610. The van der Waals surface area contributed by atoms with E-state index in [9.17, 15) is 14.0 Å². The zero-order valence-electron chi connectivity index (χ0n) is 17.9. The molecule has 2 aromatic rings. The molecule has 1 saturated heterocycles. The molecule has 2 amide bonds. The van der Waals surface area contributed by atoms with Crippen LogP contribution in [0.3, 0.4) is 0 Å². The molecule has 5 nitrogen and oxygen atoms in total. The van der Waals surface area contributed by atoms with Gasteiger partial charge in [-0.2, -0.15) is 0 Å². The fraction of sp³-hybridized carbons (Fsp3) is 0.417. The Bertz CT molecular complexity index is 852. The first-order chi connectivity index (χ1) is 15.0. The highest BCUT2D eigenvalue weighted by atomic mass is 32.2. The Labute approximate surface area is 187 Å². The first-order valence-corrected chi connectivity index (χ1v) is 11.8. The lowest BCUT2D eigenvalue weighted by Gasteiger charge is -2.26. The second-order valence-electron chi connectivity index (χ2n) is 7.88. The second-order valence-corrected chi connectivity index (χ2v) is 9.21. The van der Waals surface area contributed by atoms with Crippen molar-refractivity contribution in [2.45, 2.75) is 44.5 Å². The van der Waals surface area contributed by atoms with Crippen LogP contribution >= 0.6 is 11.8 Å². The van der Waals surface area contributed by atoms with Crippen LogP contribution < -0.4 is 10.6 Å². The van der Waals surface area contributed by atoms with Crippen LogP contribution in [0.1, 0.15) is 37.3 Å². The van der Waals surface area contributed by atoms with Gasteiger partial charge in [-0.25, -0.2) is 4.39 Å². The molecule has 0 radical (unpaired) electrons. The number of thioether (sulfide) groups is 1. The maximum Gasteiger partial charge on any atom is 0.234 e. The predicted octanol–water partition coefficient (Wildman–Crippen LogP) is 4.19. The summed E-state index contributed by atoms with van der Waals surface area (Å²) in [5.41, 5.74) is 2.89. The number of carbonyl (C=O) groups is 2. The maximum atomic E-state index is 12.9. The third kappa shape index (κ3) is 7.99. The van der Waals surface area contributed by atoms with Gasteiger partial charge in [-0.3, -0.25) is 14.5 Å². The van der Waals surface area contributed by atoms with Gasteiger partial charge in [0.05, 0.1) is 11.0 Å². The molecule has 166 valence electrons. The topological polar surface area (TPSA) is 61.4 Å². The van der Waals surface area contributed by atoms with Crippen molar-refractivity contribution in [2.24, 2.45) is 0 Å². The Hall–Kier alpha value is -2.38. The van der Waals surface area contributed by atoms with Crippen LogP contribution in [0.5, 0.6) is 0 Å². The fourth-order valence-electron chi connectivity index (χ4n) is 3.48. The Morgan fingerprint density at radius 3 is 2.32 bits per heavy atom. The van der Waals surface area contributed by atoms with Crippen molar-refractivity contribution in [3.63, 3.8) is 0 Å². The molecule has 1 unspecified atom stereocenters. The van der Waals surface area contributed by atoms with Crippen LogP contribution in [0.4, 0.5) is 10.1 Å². The van der Waals surface area contributed by atoms with E-state index in [0.717, 1.165) is 12.1 Å². The van der Waals surface area contributed by atoms with Crippen LogP contribution in [0, 0.1) is 5.82 Å². The minimum absolute atomic E-state index is 0.100. The predicted molar refractivity (Wildman–Crippen MR) is 124 cm³/mol. The summed E-state index contributed by atoms with van der Waals surface area (Å²) >= 11 is 1.27. The van der Waals surface area contributed by atoms with E-state index in [2.05, 4.69) is 39.8 Å². The SMILES string of the molecule is CC(SCC(=O)Nc1ccc(F)cc1)C(=O)NCc1ccc(CN2CCCCC2)cc1. The summed E-state index contributed by atoms with van der Waals surface area (Å²) in [6.07, 6.45) is 3.91. The lowest BCUT2D eigenvalue weighted by atomic mass is 10.1. The van der Waals surface area contributed by atoms with Crippen molar-refractivity contribution in [1.29, 1.82) is 0 Å². The Kier molecular flexibility index (Phi) is 8.91. The van der Waals surface area contributed by atoms with Gasteiger partial charge in [0.1, 0.15) is 5.82 Å². The first kappa shape index (κ1) is 23.3. The summed E-state index contributed by atoms with van der Waals surface area (Å²) in [6.45, 7) is 5.59. The maximum absolute atomic E-state index is 12.9. The molecule has 31 heavy (non-hydrogen) atoms. The molecule has 2 N–H and O–H groups in total. The third-order valence-electron chi connectivity index (χ3n) is 5.31. The summed E-state index contributed by atoms with van der Waals surface area (Å²) in [5, 5.41) is 5.28. The number of benzene rings is 2. The van der Waals surface area contributed by atoms with E-state index >= 15 is 0 Å². The van der Waals surface area contributed by atoms with Crippen molar-refractivity contribution in [3.05, 3.63) is 65.5 Å². The monoisotopic (exact) mass is 443 g/mol. The number of nitrogens with one attached hydrogen (secondary N) is 2. The van der Waals surface area contributed by atoms with Gasteiger partial charge >= 0.3 is 0 Å². The van der Waals surface area contributed by atoms with Gasteiger partial charge < -0.3 is 10.6 Å². The molecule has 0 saturated carbocycles. The molecule has 1 fully saturated rings. The summed E-state index contributed by atoms with van der Waals surface area (Å²) in [7, 11) is 0. The van der Waals surface area contributed by atoms with Crippen molar-refractivity contribution in [1.82, 2.24) is 10.2 Å². The molecule has 1 atom stereocenters. The number of carbonyl (C=O) groups excluding carboxylic acids is 2. The van der Waals surface area contributed by atoms with Gasteiger partial charge in [-0.1, -0.05) is 30.7 Å². The normalized spacial score (nSPS) is 15.3. The standard InChI is InChI=1S/C24H30FN3O2S/c1-18(31-17-23(29)27-22-11-9-21(25)10-12-22)24(30)26-15-19-5-7-20(8-6-19)16-28-13-3-2-4-14-28/h5-12,18H,2-4,13-17H2,1H3,(H,26,30)(H,27,29). The Morgan fingerprint density at radius 1 is 1.00 bits per heavy atom. The Morgan fingerprint density at radius 2 is 1.65 bits per heavy atom. The van der Waals surface area contributed by atoms with E-state index in [1.165, 1.54) is 73.9 Å². The molecule has 3 rings (SSSR count). The number of amides is 2. The summed E-state index contributed by atoms with van der Waals surface area (Å²) < 4.78 is 12.9. The fourth-order valence-corrected chi connectivity index (χ4v) is 4.19. The molecule has 2 aromatic carbocycles. The number of hydrogen-bond acceptors (Lipinski definition) is 4. The van der Waals surface area contributed by atoms with Crippen molar-refractivity contribution < 1.29 is 14.0 Å². The average Bonchev–Trinajstić information content (AvgIpc) is 2.79. The largest absolute Gasteiger partial charge is 0.351 e. The minimum atomic E-state index is -0.352. The Balaban J connectivity index is 1.36. The number of hydrogen-bond donors (Lipinski definition) is 2. The summed E-state index contributed by atoms with van der Waals surface area (Å²) in [4.78, 5) is 26.9. The molecular weight excluding hydrogens is 413 g/mol. The lowest BCUT2D eigenvalue weighted by Crippen LogP contribution is -2.31. The van der Waals surface area contributed by atoms with Gasteiger partial charge in [0.15, 0.2) is 0 Å². The van der Waals surface area contributed by atoms with E-state index in [1.54, 1.807) is 6.92 Å². The molecule has 0 aromatic heterocycles. The molecule has 1 aliphatic heterocycles. The summed E-state index contributed by atoms with van der Waals surface area (Å²) in [6, 6.07) is 14.0. The zero-order chi connectivity index (χ0) is 22.1. The second kappa shape index (κ2) is 11.9. The van der Waals surface area contributed by atoms with Gasteiger partial charge in [0, 0.05) is 18.8 Å². The number of rotatable bonds is 9. The number of nitrogens with zero attached hydrogens (tertiary/aromatic N) is 1. The van der Waals surface area contributed by atoms with Gasteiger partial charge in [0.2, 0.25) is 11.8 Å². The van der Waals surface area contributed by atoms with Crippen molar-refractivity contribution in [3.8, 4) is 0 Å². The van der Waals surface area contributed by atoms with E-state index in [-0.39, 0.29) is 28.6 Å². The molecular formula is C24H30FN3O2S. The molecule has 1 aliphatic rings. The third-order valence-corrected chi connectivity index (χ3v) is 6.45. The van der Waals surface area contributed by atoms with E-state index in [4.69, 9.17) is 0 Å². The lowest BCUT2D eigenvalue weighted by molar-refractivity contribution is -0.120. The molecule has 0 bridgehead atoms. The van der Waals surface area contributed by atoms with Crippen molar-refractivity contribution >= 4 is 29.3 Å². The van der Waals surface area contributed by atoms with Crippen LogP contribution in [0.25, 0.3) is 0 Å². The number of halogens is 1. The smallest absolute Gasteiger partial charge is 0.234 e. The van der Waals surface area contributed by atoms with E-state index < -0.39 is 0 Å². The van der Waals surface area contributed by atoms with Crippen LogP contribution in [-0.4, -0.2) is 40.8 Å². The summed E-state index contributed by atoms with van der Waals surface area (Å²) in [5.74, 6) is -0.524. The number of likely N-dealkylation sites (tertiary alicyclic amines) is 1. The highest BCUT2D eigenvalue weighted by Crippen LogP contribution is 2.15. The van der Waals surface area contributed by atoms with E-state index in [1.807, 2.05) is 0 Å². The highest BCUT2D eigenvalue weighted by Gasteiger charge is 2.15. The van der Waals surface area contributed by atoms with Crippen LogP contribution in [-0.2, 0) is 22.7 Å². The molecule has 0 aliphatic carbocycles. The minimum Gasteiger partial charge on any atom is -0.351 e. The average molecular weight is 444 g/mol. The van der Waals surface area contributed by atoms with Gasteiger partial charge in [-0.15, -0.1) is 11.8 Å². The zero-order valence-corrected chi connectivity index (χ0v) is 18.7. The number of anilines is 1. The van der Waals surface area contributed by atoms with E-state index in [0.29, 0.717) is 12.2 Å². The first-order valence-electron chi connectivity index (χ1n) is 10.7. The van der Waals surface area contributed by atoms with Crippen LogP contribution in [0.2, 0.25) is 0 Å². The van der Waals surface area contributed by atoms with Crippen LogP contribution in [0.15, 0.2) is 48.5 Å². The molecule has 7 heteroatoms. The molecule has 1 heterocycles. The highest BCUT2D eigenvalue weighted by molar-refractivity contribution is 8.01. The number of piperidine rings is 1. The van der Waals surface area contributed by atoms with Gasteiger partial charge in [0.25, 0.3) is 0 Å².